The summed E-state index contributed by atoms with van der Waals surface area (Å²) in [5, 5.41) is 2.89. The monoisotopic (exact) mass is 439 g/mol. The largest absolute Gasteiger partial charge is 0.356 e. The Kier molecular flexibility index (Phi) is 4.84. The average Bonchev–Trinajstić information content (AvgIpc) is 3.68. The summed E-state index contributed by atoms with van der Waals surface area (Å²) in [6.45, 7) is 3.85. The Labute approximate surface area is 184 Å². The van der Waals surface area contributed by atoms with Crippen LogP contribution in [0.2, 0.25) is 0 Å². The number of carbonyl (C=O) groups is 1. The molecule has 6 nitrogen and oxygen atoms in total. The molecule has 3 aliphatic rings. The lowest BCUT2D eigenvalue weighted by Gasteiger charge is -2.33. The molecule has 2 saturated carbocycles. The van der Waals surface area contributed by atoms with Crippen LogP contribution in [0, 0.1) is 10.8 Å². The Morgan fingerprint density at radius 1 is 1.06 bits per heavy atom. The average molecular weight is 440 g/mol. The molecule has 1 N–H and O–H groups in total. The van der Waals surface area contributed by atoms with E-state index in [2.05, 4.69) is 15.2 Å². The Bertz CT molecular complexity index is 1110. The van der Waals surface area contributed by atoms with Gasteiger partial charge in [0.15, 0.2) is 9.84 Å². The zero-order chi connectivity index (χ0) is 21.7. The highest BCUT2D eigenvalue weighted by Crippen LogP contribution is 2.54. The van der Waals surface area contributed by atoms with Crippen molar-refractivity contribution in [3.63, 3.8) is 0 Å². The molecule has 2 aliphatic carbocycles. The van der Waals surface area contributed by atoms with Crippen molar-refractivity contribution in [2.75, 3.05) is 29.1 Å². The van der Waals surface area contributed by atoms with Gasteiger partial charge < -0.3 is 10.2 Å². The summed E-state index contributed by atoms with van der Waals surface area (Å²) >= 11 is 0. The molecule has 31 heavy (non-hydrogen) atoms. The van der Waals surface area contributed by atoms with Gasteiger partial charge in [0.1, 0.15) is 5.82 Å². The number of pyridine rings is 1. The second kappa shape index (κ2) is 7.33. The highest BCUT2D eigenvalue weighted by molar-refractivity contribution is 7.91. The molecule has 1 spiro atoms. The molecule has 3 fully saturated rings. The molecule has 1 aliphatic heterocycles. The van der Waals surface area contributed by atoms with Crippen molar-refractivity contribution in [1.82, 2.24) is 4.98 Å². The van der Waals surface area contributed by atoms with Gasteiger partial charge in [-0.3, -0.25) is 4.79 Å². The molecule has 2 heterocycles. The standard InChI is InChI=1S/C24H29N3O3S/c1-23(7-8-23)17-31(29,30)19-5-2-4-18(16-19)26-22(28)20-6-3-13-25-21(20)27-14-11-24(9-10-24)12-15-27/h2-6,13,16H,7-12,14-15,17H2,1H3,(H,26,28). The van der Waals surface area contributed by atoms with Gasteiger partial charge in [-0.05, 0) is 79.7 Å². The molecule has 7 heteroatoms. The molecule has 1 amide bonds. The van der Waals surface area contributed by atoms with Gasteiger partial charge in [0, 0.05) is 25.0 Å². The van der Waals surface area contributed by atoms with Crippen LogP contribution in [-0.2, 0) is 9.84 Å². The fourth-order valence-corrected chi connectivity index (χ4v) is 6.53. The third-order valence-corrected chi connectivity index (χ3v) is 9.25. The lowest BCUT2D eigenvalue weighted by Crippen LogP contribution is -2.36. The second-order valence-electron chi connectivity index (χ2n) is 9.91. The van der Waals surface area contributed by atoms with Gasteiger partial charge in [0.2, 0.25) is 0 Å². The van der Waals surface area contributed by atoms with E-state index in [1.54, 1.807) is 42.6 Å². The number of carbonyl (C=O) groups excluding carboxylic acids is 1. The Balaban J connectivity index is 1.33. The maximum atomic E-state index is 13.1. The van der Waals surface area contributed by atoms with Crippen LogP contribution in [0.3, 0.4) is 0 Å². The first-order chi connectivity index (χ1) is 14.8. The molecular weight excluding hydrogens is 410 g/mol. The summed E-state index contributed by atoms with van der Waals surface area (Å²) in [5.74, 6) is 0.597. The summed E-state index contributed by atoms with van der Waals surface area (Å²) in [7, 11) is -3.38. The van der Waals surface area contributed by atoms with E-state index < -0.39 is 9.84 Å². The number of aromatic nitrogens is 1. The van der Waals surface area contributed by atoms with Gasteiger partial charge in [-0.1, -0.05) is 13.0 Å². The van der Waals surface area contributed by atoms with E-state index in [9.17, 15) is 13.2 Å². The zero-order valence-electron chi connectivity index (χ0n) is 17.9. The first kappa shape index (κ1) is 20.5. The fraction of sp³-hybridized carbons (Fsp3) is 0.500. The number of benzene rings is 1. The van der Waals surface area contributed by atoms with Crippen LogP contribution in [-0.4, -0.2) is 38.2 Å². The van der Waals surface area contributed by atoms with Crippen molar-refractivity contribution in [2.24, 2.45) is 10.8 Å². The van der Waals surface area contributed by atoms with E-state index in [-0.39, 0.29) is 22.0 Å². The summed E-state index contributed by atoms with van der Waals surface area (Å²) in [6.07, 6.45) is 8.59. The minimum absolute atomic E-state index is 0.101. The van der Waals surface area contributed by atoms with Crippen molar-refractivity contribution in [2.45, 2.75) is 50.3 Å². The smallest absolute Gasteiger partial charge is 0.259 e. The first-order valence-electron chi connectivity index (χ1n) is 11.1. The maximum Gasteiger partial charge on any atom is 0.259 e. The van der Waals surface area contributed by atoms with E-state index in [1.165, 1.54) is 12.8 Å². The number of nitrogens with zero attached hydrogens (tertiary/aromatic N) is 2. The van der Waals surface area contributed by atoms with Gasteiger partial charge >= 0.3 is 0 Å². The van der Waals surface area contributed by atoms with Crippen molar-refractivity contribution in [3.8, 4) is 0 Å². The maximum absolute atomic E-state index is 13.1. The van der Waals surface area contributed by atoms with Crippen LogP contribution < -0.4 is 10.2 Å². The molecular formula is C24H29N3O3S. The molecule has 1 aromatic carbocycles. The van der Waals surface area contributed by atoms with E-state index >= 15 is 0 Å². The molecule has 5 rings (SSSR count). The SMILES string of the molecule is CC1(CS(=O)(=O)c2cccc(NC(=O)c3cccnc3N3CCC4(CC3)CC4)c2)CC1. The van der Waals surface area contributed by atoms with Crippen LogP contribution in [0.25, 0.3) is 0 Å². The summed E-state index contributed by atoms with van der Waals surface area (Å²) < 4.78 is 25.6. The number of hydrogen-bond acceptors (Lipinski definition) is 5. The fourth-order valence-electron chi connectivity index (χ4n) is 4.56. The van der Waals surface area contributed by atoms with Crippen molar-refractivity contribution >= 4 is 27.2 Å². The number of hydrogen-bond donors (Lipinski definition) is 1. The van der Waals surface area contributed by atoms with Crippen LogP contribution >= 0.6 is 0 Å². The quantitative estimate of drug-likeness (QED) is 0.726. The third-order valence-electron chi connectivity index (χ3n) is 7.21. The Morgan fingerprint density at radius 3 is 2.48 bits per heavy atom. The highest BCUT2D eigenvalue weighted by atomic mass is 32.2. The molecule has 1 saturated heterocycles. The topological polar surface area (TPSA) is 79.4 Å². The number of piperidine rings is 1. The van der Waals surface area contributed by atoms with Crippen LogP contribution in [0.15, 0.2) is 47.5 Å². The van der Waals surface area contributed by atoms with Gasteiger partial charge in [0.05, 0.1) is 16.2 Å². The second-order valence-corrected chi connectivity index (χ2v) is 11.9. The number of anilines is 2. The van der Waals surface area contributed by atoms with E-state index in [4.69, 9.17) is 0 Å². The van der Waals surface area contributed by atoms with Gasteiger partial charge in [-0.15, -0.1) is 0 Å². The summed E-state index contributed by atoms with van der Waals surface area (Å²) in [5.41, 5.74) is 1.46. The molecule has 0 atom stereocenters. The predicted molar refractivity (Wildman–Crippen MR) is 121 cm³/mol. The van der Waals surface area contributed by atoms with Gasteiger partial charge in [-0.2, -0.15) is 0 Å². The number of sulfone groups is 1. The lowest BCUT2D eigenvalue weighted by molar-refractivity contribution is 0.102. The Morgan fingerprint density at radius 2 is 1.81 bits per heavy atom. The molecule has 1 aromatic heterocycles. The lowest BCUT2D eigenvalue weighted by atomic mass is 9.93. The summed E-state index contributed by atoms with van der Waals surface area (Å²) in [6, 6.07) is 10.1. The van der Waals surface area contributed by atoms with Crippen molar-refractivity contribution in [3.05, 3.63) is 48.2 Å². The van der Waals surface area contributed by atoms with Crippen LogP contribution in [0.1, 0.15) is 55.8 Å². The zero-order valence-corrected chi connectivity index (χ0v) is 18.7. The Hall–Kier alpha value is -2.41. The van der Waals surface area contributed by atoms with E-state index in [1.807, 2.05) is 6.92 Å². The van der Waals surface area contributed by atoms with Crippen LogP contribution in [0.5, 0.6) is 0 Å². The first-order valence-corrected chi connectivity index (χ1v) is 12.8. The van der Waals surface area contributed by atoms with Crippen molar-refractivity contribution < 1.29 is 13.2 Å². The molecule has 164 valence electrons. The molecule has 2 aromatic rings. The molecule has 0 bridgehead atoms. The van der Waals surface area contributed by atoms with E-state index in [0.29, 0.717) is 22.5 Å². The predicted octanol–water partition coefficient (Wildman–Crippen LogP) is 4.29. The molecule has 0 radical (unpaired) electrons. The van der Waals surface area contributed by atoms with E-state index in [0.717, 1.165) is 38.8 Å². The molecule has 0 unspecified atom stereocenters. The number of amides is 1. The third kappa shape index (κ3) is 4.33. The minimum Gasteiger partial charge on any atom is -0.356 e. The number of rotatable bonds is 6. The van der Waals surface area contributed by atoms with Crippen LogP contribution in [0.4, 0.5) is 11.5 Å². The minimum atomic E-state index is -3.38. The van der Waals surface area contributed by atoms with Gasteiger partial charge in [0.25, 0.3) is 5.91 Å². The van der Waals surface area contributed by atoms with Gasteiger partial charge in [-0.25, -0.2) is 13.4 Å². The highest BCUT2D eigenvalue weighted by Gasteiger charge is 2.45. The van der Waals surface area contributed by atoms with Crippen molar-refractivity contribution in [1.29, 1.82) is 0 Å². The normalized spacial score (nSPS) is 21.0. The summed E-state index contributed by atoms with van der Waals surface area (Å²) in [4.78, 5) is 20.1. The number of nitrogens with one attached hydrogen (secondary N) is 1.